The van der Waals surface area contributed by atoms with E-state index in [1.165, 1.54) is 0 Å². The van der Waals surface area contributed by atoms with Crippen LogP contribution in [0.15, 0.2) is 59.7 Å². The number of anilines is 1. The van der Waals surface area contributed by atoms with Crippen molar-refractivity contribution in [3.05, 3.63) is 98.8 Å². The first kappa shape index (κ1) is 25.8. The molecule has 0 radical (unpaired) electrons. The summed E-state index contributed by atoms with van der Waals surface area (Å²) in [6.07, 6.45) is 4.95. The molecule has 1 aliphatic carbocycles. The molecule has 0 fully saturated rings. The second kappa shape index (κ2) is 9.93. The van der Waals surface area contributed by atoms with Crippen molar-refractivity contribution in [3.8, 4) is 28.0 Å². The van der Waals surface area contributed by atoms with E-state index in [1.807, 2.05) is 18.3 Å². The molecule has 0 saturated heterocycles. The molecule has 1 unspecified atom stereocenters. The van der Waals surface area contributed by atoms with Crippen LogP contribution in [0.3, 0.4) is 0 Å². The van der Waals surface area contributed by atoms with Crippen LogP contribution in [0.2, 0.25) is 0 Å². The molecule has 6 rings (SSSR count). The van der Waals surface area contributed by atoms with Gasteiger partial charge in [0.15, 0.2) is 0 Å². The molecule has 2 N–H and O–H groups in total. The number of carboxylic acid groups (broad SMARTS) is 1. The van der Waals surface area contributed by atoms with Crippen molar-refractivity contribution in [3.63, 3.8) is 0 Å². The van der Waals surface area contributed by atoms with E-state index >= 15 is 4.39 Å². The fourth-order valence-electron chi connectivity index (χ4n) is 6.21. The second-order valence-electron chi connectivity index (χ2n) is 10.8. The Balaban J connectivity index is 1.31. The van der Waals surface area contributed by atoms with Crippen molar-refractivity contribution in [2.75, 3.05) is 11.9 Å². The number of ether oxygens (including phenoxy) is 1. The van der Waals surface area contributed by atoms with Gasteiger partial charge in [0.1, 0.15) is 17.4 Å². The van der Waals surface area contributed by atoms with Gasteiger partial charge in [-0.3, -0.25) is 9.59 Å². The summed E-state index contributed by atoms with van der Waals surface area (Å²) in [5, 5.41) is 12.5. The molecule has 3 heterocycles. The van der Waals surface area contributed by atoms with Crippen LogP contribution in [0.5, 0.6) is 5.75 Å². The number of aliphatic carboxylic acids is 1. The molecule has 0 saturated carbocycles. The van der Waals surface area contributed by atoms with Crippen LogP contribution in [0, 0.1) is 19.7 Å². The van der Waals surface area contributed by atoms with E-state index in [0.717, 1.165) is 57.3 Å². The smallest absolute Gasteiger partial charge is 0.304 e. The van der Waals surface area contributed by atoms with E-state index in [0.29, 0.717) is 23.7 Å². The van der Waals surface area contributed by atoms with Gasteiger partial charge in [-0.25, -0.2) is 9.37 Å². The van der Waals surface area contributed by atoms with E-state index in [4.69, 9.17) is 9.84 Å². The Morgan fingerprint density at radius 2 is 1.93 bits per heavy atom. The van der Waals surface area contributed by atoms with Crippen LogP contribution in [0.25, 0.3) is 22.3 Å². The fourth-order valence-corrected chi connectivity index (χ4v) is 6.21. The van der Waals surface area contributed by atoms with Gasteiger partial charge in [0.2, 0.25) is 5.56 Å². The number of aromatic nitrogens is 2. The number of hydrogen-bond acceptors (Lipinski definition) is 5. The van der Waals surface area contributed by atoms with Gasteiger partial charge in [-0.2, -0.15) is 0 Å². The minimum absolute atomic E-state index is 0.00369. The maximum Gasteiger partial charge on any atom is 0.304 e. The lowest BCUT2D eigenvalue weighted by molar-refractivity contribution is -0.137. The van der Waals surface area contributed by atoms with Gasteiger partial charge in [-0.15, -0.1) is 0 Å². The molecular formula is C32H30FN3O4. The quantitative estimate of drug-likeness (QED) is 0.316. The highest BCUT2D eigenvalue weighted by atomic mass is 19.1. The molecule has 40 heavy (non-hydrogen) atoms. The monoisotopic (exact) mass is 539 g/mol. The molecule has 7 nitrogen and oxygen atoms in total. The fraction of sp³-hybridized carbons (Fsp3) is 0.281. The van der Waals surface area contributed by atoms with Crippen LogP contribution < -0.4 is 15.6 Å². The molecule has 2 aromatic carbocycles. The van der Waals surface area contributed by atoms with Gasteiger partial charge >= 0.3 is 5.97 Å². The molecule has 2 atom stereocenters. The number of benzene rings is 2. The molecule has 1 aliphatic heterocycles. The highest BCUT2D eigenvalue weighted by Gasteiger charge is 2.31. The summed E-state index contributed by atoms with van der Waals surface area (Å²) in [5.41, 5.74) is 8.69. The van der Waals surface area contributed by atoms with Gasteiger partial charge in [-0.1, -0.05) is 18.2 Å². The number of nitrogens with zero attached hydrogens (tertiary/aromatic N) is 2. The van der Waals surface area contributed by atoms with Crippen molar-refractivity contribution in [1.29, 1.82) is 0 Å². The van der Waals surface area contributed by atoms with Crippen molar-refractivity contribution in [2.24, 2.45) is 7.05 Å². The summed E-state index contributed by atoms with van der Waals surface area (Å²) < 4.78 is 22.6. The molecule has 2 aromatic heterocycles. The minimum Gasteiger partial charge on any atom is -0.492 e. The molecule has 4 aromatic rings. The number of fused-ring (bicyclic) bond motifs is 2. The molecule has 204 valence electrons. The zero-order valence-corrected chi connectivity index (χ0v) is 22.6. The Morgan fingerprint density at radius 3 is 2.65 bits per heavy atom. The number of rotatable bonds is 6. The molecule has 0 spiro atoms. The number of carboxylic acids is 1. The number of aryl methyl sites for hydroxylation is 3. The molecular weight excluding hydrogens is 509 g/mol. The second-order valence-corrected chi connectivity index (χ2v) is 10.8. The van der Waals surface area contributed by atoms with E-state index < -0.39 is 5.97 Å². The highest BCUT2D eigenvalue weighted by Crippen LogP contribution is 2.44. The molecule has 0 bridgehead atoms. The third-order valence-corrected chi connectivity index (χ3v) is 8.07. The lowest BCUT2D eigenvalue weighted by atomic mass is 9.88. The van der Waals surface area contributed by atoms with Crippen molar-refractivity contribution in [1.82, 2.24) is 9.55 Å². The zero-order valence-electron chi connectivity index (χ0n) is 22.6. The molecule has 2 aliphatic rings. The third kappa shape index (κ3) is 4.53. The van der Waals surface area contributed by atoms with Gasteiger partial charge in [0.25, 0.3) is 0 Å². The van der Waals surface area contributed by atoms with E-state index in [9.17, 15) is 9.59 Å². The van der Waals surface area contributed by atoms with Crippen LogP contribution >= 0.6 is 0 Å². The number of nitrogens with one attached hydrogen (secondary N) is 1. The minimum atomic E-state index is -0.871. The SMILES string of the molecule is Cc1cc(-c2ccc(=O)n(C)c2)cc(C)c1-c1ccc(F)c2c1CC[C@H]2Nc1cc2c(cn1)C(CC(=O)O)CO2. The molecule has 8 heteroatoms. The maximum absolute atomic E-state index is 15.3. The summed E-state index contributed by atoms with van der Waals surface area (Å²) in [4.78, 5) is 27.5. The Kier molecular flexibility index (Phi) is 6.41. The molecule has 0 amide bonds. The topological polar surface area (TPSA) is 93.5 Å². The largest absolute Gasteiger partial charge is 0.492 e. The van der Waals surface area contributed by atoms with Gasteiger partial charge in [0.05, 0.1) is 19.1 Å². The lowest BCUT2D eigenvalue weighted by Crippen LogP contribution is -2.13. The first-order valence-corrected chi connectivity index (χ1v) is 13.4. The van der Waals surface area contributed by atoms with Crippen LogP contribution in [0.1, 0.15) is 52.6 Å². The Labute approximate surface area is 231 Å². The Hall–Kier alpha value is -4.46. The van der Waals surface area contributed by atoms with Crippen LogP contribution in [-0.2, 0) is 18.3 Å². The van der Waals surface area contributed by atoms with E-state index in [1.54, 1.807) is 36.0 Å². The first-order valence-electron chi connectivity index (χ1n) is 13.4. The van der Waals surface area contributed by atoms with Crippen molar-refractivity contribution in [2.45, 2.75) is 45.1 Å². The predicted molar refractivity (Wildman–Crippen MR) is 151 cm³/mol. The Bertz CT molecular complexity index is 1710. The van der Waals surface area contributed by atoms with Gasteiger partial charge < -0.3 is 19.7 Å². The summed E-state index contributed by atoms with van der Waals surface area (Å²) in [7, 11) is 1.74. The number of carbonyl (C=O) groups is 1. The normalized spacial score (nSPS) is 17.3. The number of pyridine rings is 2. The highest BCUT2D eigenvalue weighted by molar-refractivity contribution is 5.80. The summed E-state index contributed by atoms with van der Waals surface area (Å²) in [5.74, 6) is -0.130. The lowest BCUT2D eigenvalue weighted by Gasteiger charge is -2.19. The number of halogens is 1. The van der Waals surface area contributed by atoms with Gasteiger partial charge in [0, 0.05) is 48.6 Å². The summed E-state index contributed by atoms with van der Waals surface area (Å²) in [6, 6.07) is 12.6. The van der Waals surface area contributed by atoms with Crippen LogP contribution in [-0.4, -0.2) is 27.2 Å². The first-order chi connectivity index (χ1) is 19.2. The maximum atomic E-state index is 15.3. The van der Waals surface area contributed by atoms with Crippen LogP contribution in [0.4, 0.5) is 10.2 Å². The van der Waals surface area contributed by atoms with Gasteiger partial charge in [-0.05, 0) is 77.8 Å². The van der Waals surface area contributed by atoms with E-state index in [2.05, 4.69) is 36.3 Å². The van der Waals surface area contributed by atoms with Crippen molar-refractivity contribution < 1.29 is 19.0 Å². The average molecular weight is 540 g/mol. The zero-order chi connectivity index (χ0) is 28.1. The van der Waals surface area contributed by atoms with Crippen molar-refractivity contribution >= 4 is 11.8 Å². The van der Waals surface area contributed by atoms with E-state index in [-0.39, 0.29) is 29.8 Å². The average Bonchev–Trinajstić information content (AvgIpc) is 3.51. The summed E-state index contributed by atoms with van der Waals surface area (Å²) in [6.45, 7) is 4.46. The Morgan fingerprint density at radius 1 is 1.15 bits per heavy atom. The standard InChI is InChI=1S/C32H30FN3O4/c1-17-10-20(19-4-9-29(37)36(3)15-19)11-18(2)31(17)22-5-7-25(33)32-23(22)6-8-26(32)35-28-13-27-24(14-34-28)21(16-40-27)12-30(38)39/h4-5,7,9-11,13-15,21,26H,6,8,12,16H2,1-3H3,(H,34,35)(H,38,39)/t21?,26-/m1/s1. The predicted octanol–water partition coefficient (Wildman–Crippen LogP) is 5.92. The third-order valence-electron chi connectivity index (χ3n) is 8.07. The number of hydrogen-bond donors (Lipinski definition) is 2. The summed E-state index contributed by atoms with van der Waals surface area (Å²) >= 11 is 0.